The van der Waals surface area contributed by atoms with Crippen LogP contribution in [-0.4, -0.2) is 13.2 Å². The molecule has 0 amide bonds. The number of ether oxygens (including phenoxy) is 1. The van der Waals surface area contributed by atoms with Crippen molar-refractivity contribution in [2.45, 2.75) is 33.6 Å². The molecule has 0 spiro atoms. The van der Waals surface area contributed by atoms with Gasteiger partial charge in [0.15, 0.2) is 0 Å². The summed E-state index contributed by atoms with van der Waals surface area (Å²) in [6, 6.07) is 0. The summed E-state index contributed by atoms with van der Waals surface area (Å²) in [5.41, 5.74) is 0. The molecule has 0 N–H and O–H groups in total. The first-order chi connectivity index (χ1) is 4.27. The summed E-state index contributed by atoms with van der Waals surface area (Å²) in [6.07, 6.45) is 2.33. The van der Waals surface area contributed by atoms with E-state index < -0.39 is 0 Å². The average Bonchev–Trinajstić information content (AvgIpc) is 1.80. The minimum atomic E-state index is 0.779. The smallest absolute Gasteiger partial charge is 0.0468 e. The fraction of sp³-hybridized carbons (Fsp3) is 1.00. The van der Waals surface area contributed by atoms with Crippen LogP contribution in [0.4, 0.5) is 0 Å². The van der Waals surface area contributed by atoms with Gasteiger partial charge in [0.2, 0.25) is 0 Å². The molecule has 1 nitrogen and oxygen atoms in total. The van der Waals surface area contributed by atoms with Gasteiger partial charge < -0.3 is 4.74 Å². The monoisotopic (exact) mass is 130 g/mol. The molecular weight excluding hydrogens is 112 g/mol. The first-order valence-corrected chi connectivity index (χ1v) is 3.85. The molecule has 0 aromatic heterocycles. The Balaban J connectivity index is 2.75. The zero-order valence-electron chi connectivity index (χ0n) is 6.81. The molecule has 0 radical (unpaired) electrons. The summed E-state index contributed by atoms with van der Waals surface area (Å²) in [6.45, 7) is 8.43. The number of rotatable bonds is 5. The van der Waals surface area contributed by atoms with Crippen LogP contribution >= 0.6 is 0 Å². The van der Waals surface area contributed by atoms with Crippen molar-refractivity contribution < 1.29 is 4.74 Å². The maximum absolute atomic E-state index is 5.29. The average molecular weight is 130 g/mol. The van der Waals surface area contributed by atoms with E-state index in [0.29, 0.717) is 0 Å². The lowest BCUT2D eigenvalue weighted by molar-refractivity contribution is 0.124. The van der Waals surface area contributed by atoms with Crippen molar-refractivity contribution in [1.82, 2.24) is 0 Å². The van der Waals surface area contributed by atoms with E-state index in [-0.39, 0.29) is 0 Å². The SMILES string of the molecule is CCCOCCC(C)C. The largest absolute Gasteiger partial charge is 0.381 e. The van der Waals surface area contributed by atoms with Gasteiger partial charge in [0.1, 0.15) is 0 Å². The van der Waals surface area contributed by atoms with Gasteiger partial charge in [-0.05, 0) is 18.8 Å². The Morgan fingerprint density at radius 2 is 1.89 bits per heavy atom. The minimum Gasteiger partial charge on any atom is -0.381 e. The van der Waals surface area contributed by atoms with Crippen molar-refractivity contribution in [1.29, 1.82) is 0 Å². The van der Waals surface area contributed by atoms with Gasteiger partial charge in [-0.15, -0.1) is 0 Å². The van der Waals surface area contributed by atoms with Crippen LogP contribution in [0.5, 0.6) is 0 Å². The van der Waals surface area contributed by atoms with Crippen LogP contribution in [0.3, 0.4) is 0 Å². The molecule has 9 heavy (non-hydrogen) atoms. The Kier molecular flexibility index (Phi) is 6.06. The van der Waals surface area contributed by atoms with E-state index in [4.69, 9.17) is 4.74 Å². The van der Waals surface area contributed by atoms with Gasteiger partial charge in [-0.25, -0.2) is 0 Å². The molecule has 1 heteroatoms. The highest BCUT2D eigenvalue weighted by Crippen LogP contribution is 1.98. The van der Waals surface area contributed by atoms with Crippen molar-refractivity contribution in [2.75, 3.05) is 13.2 Å². The van der Waals surface area contributed by atoms with Gasteiger partial charge in [-0.2, -0.15) is 0 Å². The Morgan fingerprint density at radius 1 is 1.22 bits per heavy atom. The Morgan fingerprint density at radius 3 is 2.33 bits per heavy atom. The van der Waals surface area contributed by atoms with Gasteiger partial charge >= 0.3 is 0 Å². The molecule has 56 valence electrons. The van der Waals surface area contributed by atoms with Gasteiger partial charge in [0, 0.05) is 13.2 Å². The van der Waals surface area contributed by atoms with Crippen LogP contribution < -0.4 is 0 Å². The molecular formula is C8H18O. The second-order valence-electron chi connectivity index (χ2n) is 2.79. The number of hydrogen-bond donors (Lipinski definition) is 0. The Bertz CT molecular complexity index is 50.5. The highest BCUT2D eigenvalue weighted by Gasteiger charge is 1.91. The van der Waals surface area contributed by atoms with Crippen LogP contribution in [0.15, 0.2) is 0 Å². The molecule has 0 aliphatic heterocycles. The van der Waals surface area contributed by atoms with E-state index in [2.05, 4.69) is 20.8 Å². The summed E-state index contributed by atoms with van der Waals surface area (Å²) in [4.78, 5) is 0. The van der Waals surface area contributed by atoms with Crippen molar-refractivity contribution in [3.8, 4) is 0 Å². The fourth-order valence-electron chi connectivity index (χ4n) is 0.565. The van der Waals surface area contributed by atoms with E-state index in [9.17, 15) is 0 Å². The third-order valence-corrected chi connectivity index (χ3v) is 1.19. The highest BCUT2D eigenvalue weighted by atomic mass is 16.5. The maximum Gasteiger partial charge on any atom is 0.0468 e. The summed E-state index contributed by atoms with van der Waals surface area (Å²) < 4.78 is 5.29. The molecule has 0 heterocycles. The van der Waals surface area contributed by atoms with Crippen molar-refractivity contribution in [3.05, 3.63) is 0 Å². The molecule has 0 atom stereocenters. The third-order valence-electron chi connectivity index (χ3n) is 1.19. The molecule has 0 aliphatic rings. The van der Waals surface area contributed by atoms with Gasteiger partial charge in [-0.3, -0.25) is 0 Å². The zero-order valence-corrected chi connectivity index (χ0v) is 6.81. The second-order valence-corrected chi connectivity index (χ2v) is 2.79. The normalized spacial score (nSPS) is 10.7. The van der Waals surface area contributed by atoms with Gasteiger partial charge in [-0.1, -0.05) is 20.8 Å². The minimum absolute atomic E-state index is 0.779. The second kappa shape index (κ2) is 6.09. The quantitative estimate of drug-likeness (QED) is 0.519. The van der Waals surface area contributed by atoms with Gasteiger partial charge in [0.05, 0.1) is 0 Å². The fourth-order valence-corrected chi connectivity index (χ4v) is 0.565. The predicted octanol–water partition coefficient (Wildman–Crippen LogP) is 2.46. The molecule has 0 fully saturated rings. The molecule has 0 saturated carbocycles. The molecule has 0 aliphatic carbocycles. The molecule has 0 aromatic carbocycles. The zero-order chi connectivity index (χ0) is 7.11. The first kappa shape index (κ1) is 8.96. The first-order valence-electron chi connectivity index (χ1n) is 3.85. The summed E-state index contributed by atoms with van der Waals surface area (Å²) in [5.74, 6) is 0.779. The van der Waals surface area contributed by atoms with E-state index in [1.54, 1.807) is 0 Å². The van der Waals surface area contributed by atoms with E-state index in [1.165, 1.54) is 6.42 Å². The van der Waals surface area contributed by atoms with Crippen LogP contribution in [0.1, 0.15) is 33.6 Å². The molecule has 0 aromatic rings. The lowest BCUT2D eigenvalue weighted by atomic mass is 10.1. The topological polar surface area (TPSA) is 9.23 Å². The maximum atomic E-state index is 5.29. The van der Waals surface area contributed by atoms with Crippen molar-refractivity contribution >= 4 is 0 Å². The van der Waals surface area contributed by atoms with Gasteiger partial charge in [0.25, 0.3) is 0 Å². The lowest BCUT2D eigenvalue weighted by Crippen LogP contribution is -1.99. The lowest BCUT2D eigenvalue weighted by Gasteiger charge is -2.03. The van der Waals surface area contributed by atoms with Crippen LogP contribution in [0.2, 0.25) is 0 Å². The summed E-state index contributed by atoms with van der Waals surface area (Å²) in [7, 11) is 0. The molecule has 0 saturated heterocycles. The van der Waals surface area contributed by atoms with Crippen molar-refractivity contribution in [3.63, 3.8) is 0 Å². The predicted molar refractivity (Wildman–Crippen MR) is 40.6 cm³/mol. The van der Waals surface area contributed by atoms with E-state index in [1.807, 2.05) is 0 Å². The Labute approximate surface area is 58.4 Å². The van der Waals surface area contributed by atoms with Crippen molar-refractivity contribution in [2.24, 2.45) is 5.92 Å². The summed E-state index contributed by atoms with van der Waals surface area (Å²) >= 11 is 0. The van der Waals surface area contributed by atoms with Crippen LogP contribution in [0.25, 0.3) is 0 Å². The van der Waals surface area contributed by atoms with E-state index >= 15 is 0 Å². The number of hydrogen-bond acceptors (Lipinski definition) is 1. The summed E-state index contributed by atoms with van der Waals surface area (Å²) in [5, 5.41) is 0. The Hall–Kier alpha value is -0.0400. The molecule has 0 bridgehead atoms. The molecule has 0 unspecified atom stereocenters. The van der Waals surface area contributed by atoms with Crippen LogP contribution in [0, 0.1) is 5.92 Å². The van der Waals surface area contributed by atoms with E-state index in [0.717, 1.165) is 25.6 Å². The third kappa shape index (κ3) is 7.96. The van der Waals surface area contributed by atoms with Crippen LogP contribution in [-0.2, 0) is 4.74 Å². The molecule has 0 rings (SSSR count). The highest BCUT2D eigenvalue weighted by molar-refractivity contribution is 4.41. The standard InChI is InChI=1S/C8H18O/c1-4-6-9-7-5-8(2)3/h8H,4-7H2,1-3H3.